The first kappa shape index (κ1) is 24.8. The zero-order valence-corrected chi connectivity index (χ0v) is 19.3. The Morgan fingerprint density at radius 3 is 2.61 bits per heavy atom. The Hall–Kier alpha value is -2.79. The Labute approximate surface area is 197 Å². The second kappa shape index (κ2) is 10.0. The van der Waals surface area contributed by atoms with Gasteiger partial charge in [0.2, 0.25) is 10.0 Å². The van der Waals surface area contributed by atoms with Crippen LogP contribution in [0.2, 0.25) is 0 Å². The van der Waals surface area contributed by atoms with Crippen molar-refractivity contribution in [2.45, 2.75) is 24.3 Å². The van der Waals surface area contributed by atoms with Gasteiger partial charge in [-0.3, -0.25) is 0 Å². The van der Waals surface area contributed by atoms with E-state index >= 15 is 0 Å². The topological polar surface area (TPSA) is 119 Å². The van der Waals surface area contributed by atoms with Gasteiger partial charge in [-0.1, -0.05) is 12.1 Å². The molecule has 33 heavy (non-hydrogen) atoms. The van der Waals surface area contributed by atoms with Crippen LogP contribution >= 0.6 is 12.4 Å². The number of nitrogens with zero attached hydrogens (tertiary/aromatic N) is 3. The van der Waals surface area contributed by atoms with E-state index in [4.69, 9.17) is 5.73 Å². The average molecular weight is 495 g/mol. The van der Waals surface area contributed by atoms with Gasteiger partial charge in [-0.05, 0) is 48.7 Å². The number of rotatable bonds is 7. The number of allylic oxidation sites excluding steroid dienone is 1. The fourth-order valence-corrected chi connectivity index (χ4v) is 5.45. The van der Waals surface area contributed by atoms with E-state index in [2.05, 4.69) is 4.98 Å². The summed E-state index contributed by atoms with van der Waals surface area (Å²) in [6.45, 7) is 0.872. The van der Waals surface area contributed by atoms with Crippen molar-refractivity contribution >= 4 is 39.4 Å². The number of hydrogen-bond acceptors (Lipinski definition) is 5. The van der Waals surface area contributed by atoms with Gasteiger partial charge in [0.1, 0.15) is 5.83 Å². The minimum atomic E-state index is -3.64. The number of aromatic nitrogens is 2. The van der Waals surface area contributed by atoms with Crippen LogP contribution in [0.3, 0.4) is 0 Å². The van der Waals surface area contributed by atoms with Crippen molar-refractivity contribution in [2.75, 3.05) is 19.6 Å². The van der Waals surface area contributed by atoms with E-state index in [-0.39, 0.29) is 36.0 Å². The smallest absolute Gasteiger partial charge is 0.335 e. The molecule has 2 heterocycles. The third-order valence-corrected chi connectivity index (χ3v) is 7.38. The van der Waals surface area contributed by atoms with Crippen molar-refractivity contribution in [1.29, 1.82) is 0 Å². The lowest BCUT2D eigenvalue weighted by Gasteiger charge is -2.16. The quantitative estimate of drug-likeness (QED) is 0.519. The molecule has 3 aromatic rings. The van der Waals surface area contributed by atoms with Crippen molar-refractivity contribution in [3.63, 3.8) is 0 Å². The number of carboxylic acid groups (broad SMARTS) is 1. The molecule has 4 rings (SSSR count). The minimum Gasteiger partial charge on any atom is -0.478 e. The number of halogens is 2. The molecule has 1 fully saturated rings. The summed E-state index contributed by atoms with van der Waals surface area (Å²) in [5, 5.41) is 9.60. The zero-order chi connectivity index (χ0) is 22.9. The molecule has 1 aromatic heterocycles. The summed E-state index contributed by atoms with van der Waals surface area (Å²) in [4.78, 5) is 16.3. The SMILES string of the molecule is Cl.NC/C=C(\F)Cn1cnc2c(-c3cccc(S(=O)(=O)N4CCCC4)c3)cc(C(=O)O)cc21. The summed E-state index contributed by atoms with van der Waals surface area (Å²) in [5.74, 6) is -1.62. The normalized spacial score (nSPS) is 15.0. The van der Waals surface area contributed by atoms with Gasteiger partial charge in [-0.15, -0.1) is 12.4 Å². The maximum atomic E-state index is 14.1. The first-order valence-corrected chi connectivity index (χ1v) is 11.6. The van der Waals surface area contributed by atoms with Crippen LogP contribution in [0.5, 0.6) is 0 Å². The van der Waals surface area contributed by atoms with Gasteiger partial charge in [-0.25, -0.2) is 22.6 Å². The Morgan fingerprint density at radius 1 is 1.21 bits per heavy atom. The van der Waals surface area contributed by atoms with Crippen LogP contribution in [-0.4, -0.2) is 53.0 Å². The maximum Gasteiger partial charge on any atom is 0.335 e. The molecule has 0 atom stereocenters. The van der Waals surface area contributed by atoms with E-state index in [9.17, 15) is 22.7 Å². The summed E-state index contributed by atoms with van der Waals surface area (Å²) in [5.41, 5.74) is 7.20. The van der Waals surface area contributed by atoms with E-state index in [1.165, 1.54) is 45.5 Å². The molecular weight excluding hydrogens is 471 g/mol. The maximum absolute atomic E-state index is 14.1. The van der Waals surface area contributed by atoms with E-state index in [0.29, 0.717) is 35.2 Å². The lowest BCUT2D eigenvalue weighted by molar-refractivity contribution is 0.0697. The highest BCUT2D eigenvalue weighted by atomic mass is 35.5. The van der Waals surface area contributed by atoms with Crippen LogP contribution in [0.25, 0.3) is 22.2 Å². The van der Waals surface area contributed by atoms with Gasteiger partial charge in [0.05, 0.1) is 34.4 Å². The van der Waals surface area contributed by atoms with Crippen LogP contribution in [0.15, 0.2) is 59.5 Å². The third kappa shape index (κ3) is 4.93. The summed E-state index contributed by atoms with van der Waals surface area (Å²) in [6, 6.07) is 9.27. The molecule has 0 bridgehead atoms. The number of imidazole rings is 1. The van der Waals surface area contributed by atoms with Crippen molar-refractivity contribution in [3.8, 4) is 11.1 Å². The van der Waals surface area contributed by atoms with Gasteiger partial charge in [0, 0.05) is 25.2 Å². The fraction of sp³-hybridized carbons (Fsp3) is 0.273. The molecule has 0 aliphatic carbocycles. The van der Waals surface area contributed by atoms with E-state index in [1.807, 2.05) is 0 Å². The molecule has 1 saturated heterocycles. The summed E-state index contributed by atoms with van der Waals surface area (Å²) >= 11 is 0. The minimum absolute atomic E-state index is 0. The number of hydrogen-bond donors (Lipinski definition) is 2. The van der Waals surface area contributed by atoms with Crippen molar-refractivity contribution in [1.82, 2.24) is 13.9 Å². The van der Waals surface area contributed by atoms with Crippen LogP contribution in [-0.2, 0) is 16.6 Å². The molecule has 1 aliphatic rings. The van der Waals surface area contributed by atoms with Crippen molar-refractivity contribution < 1.29 is 22.7 Å². The summed E-state index contributed by atoms with van der Waals surface area (Å²) in [7, 11) is -3.64. The Balaban J connectivity index is 0.00000306. The van der Waals surface area contributed by atoms with Crippen molar-refractivity contribution in [2.24, 2.45) is 5.73 Å². The first-order chi connectivity index (χ1) is 15.3. The van der Waals surface area contributed by atoms with Crippen LogP contribution in [0.1, 0.15) is 23.2 Å². The van der Waals surface area contributed by atoms with E-state index in [1.54, 1.807) is 12.1 Å². The molecule has 0 radical (unpaired) electrons. The Bertz CT molecular complexity index is 1320. The largest absolute Gasteiger partial charge is 0.478 e. The second-order valence-corrected chi connectivity index (χ2v) is 9.53. The number of aromatic carboxylic acids is 1. The van der Waals surface area contributed by atoms with Crippen molar-refractivity contribution in [3.05, 3.63) is 60.2 Å². The first-order valence-electron chi connectivity index (χ1n) is 10.2. The molecule has 0 saturated carbocycles. The van der Waals surface area contributed by atoms with Gasteiger partial charge in [0.15, 0.2) is 0 Å². The molecule has 8 nitrogen and oxygen atoms in total. The number of sulfonamides is 1. The molecule has 0 unspecified atom stereocenters. The van der Waals surface area contributed by atoms with Gasteiger partial charge in [-0.2, -0.15) is 4.31 Å². The van der Waals surface area contributed by atoms with Crippen LogP contribution in [0.4, 0.5) is 4.39 Å². The average Bonchev–Trinajstić information content (AvgIpc) is 3.44. The molecule has 0 spiro atoms. The highest BCUT2D eigenvalue weighted by Gasteiger charge is 2.27. The molecule has 11 heteroatoms. The Morgan fingerprint density at radius 2 is 1.94 bits per heavy atom. The van der Waals surface area contributed by atoms with Crippen LogP contribution < -0.4 is 5.73 Å². The second-order valence-electron chi connectivity index (χ2n) is 7.59. The molecule has 3 N–H and O–H groups in total. The van der Waals surface area contributed by atoms with Crippen LogP contribution in [0, 0.1) is 0 Å². The molecule has 0 amide bonds. The number of benzene rings is 2. The van der Waals surface area contributed by atoms with Gasteiger partial charge >= 0.3 is 5.97 Å². The number of nitrogens with two attached hydrogens (primary N) is 1. The molecule has 176 valence electrons. The number of carbonyl (C=O) groups is 1. The summed E-state index contributed by atoms with van der Waals surface area (Å²) < 4.78 is 43.0. The predicted molar refractivity (Wildman–Crippen MR) is 126 cm³/mol. The Kier molecular flexibility index (Phi) is 7.53. The third-order valence-electron chi connectivity index (χ3n) is 5.48. The highest BCUT2D eigenvalue weighted by Crippen LogP contribution is 2.32. The fourth-order valence-electron chi connectivity index (χ4n) is 3.89. The molecule has 2 aromatic carbocycles. The molecular formula is C22H24ClFN4O4S. The van der Waals surface area contributed by atoms with E-state index < -0.39 is 21.8 Å². The number of fused-ring (bicyclic) bond motifs is 1. The van der Waals surface area contributed by atoms with Gasteiger partial charge in [0.25, 0.3) is 0 Å². The highest BCUT2D eigenvalue weighted by molar-refractivity contribution is 7.89. The van der Waals surface area contributed by atoms with E-state index in [0.717, 1.165) is 12.8 Å². The standard InChI is InChI=1S/C22H23FN4O4S.ClH/c23-17(6-7-24)13-26-14-25-21-19(11-16(22(28)29)12-20(21)26)15-4-3-5-18(10-15)32(30,31)27-8-1-2-9-27;/h3-6,10-12,14H,1-2,7-9,13,24H2,(H,28,29);1H/b17-6-;. The number of carboxylic acids is 1. The zero-order valence-electron chi connectivity index (χ0n) is 17.6. The monoisotopic (exact) mass is 494 g/mol. The molecule has 1 aliphatic heterocycles. The lowest BCUT2D eigenvalue weighted by Crippen LogP contribution is -2.27. The van der Waals surface area contributed by atoms with Gasteiger partial charge < -0.3 is 15.4 Å². The summed E-state index contributed by atoms with van der Waals surface area (Å²) in [6.07, 6.45) is 4.31. The lowest BCUT2D eigenvalue weighted by atomic mass is 10.0. The predicted octanol–water partition coefficient (Wildman–Crippen LogP) is 3.42.